The SMILES string of the molecule is O=C([O-])c1cc2ccc(Cl)cc2[nH]1. The molecule has 0 atom stereocenters. The molecule has 2 rings (SSSR count). The van der Waals surface area contributed by atoms with Crippen molar-refractivity contribution in [2.75, 3.05) is 0 Å². The number of halogens is 1. The molecule has 0 fully saturated rings. The summed E-state index contributed by atoms with van der Waals surface area (Å²) >= 11 is 5.72. The lowest BCUT2D eigenvalue weighted by molar-refractivity contribution is -0.255. The minimum Gasteiger partial charge on any atom is -0.543 e. The van der Waals surface area contributed by atoms with Gasteiger partial charge in [0.1, 0.15) is 0 Å². The molecule has 0 bridgehead atoms. The number of carboxylic acids is 1. The van der Waals surface area contributed by atoms with E-state index in [2.05, 4.69) is 4.98 Å². The molecule has 1 N–H and O–H groups in total. The third-order valence-electron chi connectivity index (χ3n) is 1.80. The van der Waals surface area contributed by atoms with E-state index in [0.29, 0.717) is 10.5 Å². The van der Waals surface area contributed by atoms with Gasteiger partial charge >= 0.3 is 0 Å². The summed E-state index contributed by atoms with van der Waals surface area (Å²) in [5, 5.41) is 11.9. The van der Waals surface area contributed by atoms with Crippen LogP contribution in [0.1, 0.15) is 10.5 Å². The first-order valence-corrected chi connectivity index (χ1v) is 4.04. The van der Waals surface area contributed by atoms with Crippen LogP contribution < -0.4 is 5.11 Å². The summed E-state index contributed by atoms with van der Waals surface area (Å²) in [5.41, 5.74) is 0.768. The third-order valence-corrected chi connectivity index (χ3v) is 2.04. The van der Waals surface area contributed by atoms with Crippen molar-refractivity contribution in [3.8, 4) is 0 Å². The minimum absolute atomic E-state index is 0.0669. The Bertz CT molecular complexity index is 475. The average molecular weight is 195 g/mol. The highest BCUT2D eigenvalue weighted by Crippen LogP contribution is 2.19. The number of aromatic carboxylic acids is 1. The van der Waals surface area contributed by atoms with Crippen LogP contribution in [0.4, 0.5) is 0 Å². The number of H-pyrrole nitrogens is 1. The molecule has 1 aromatic heterocycles. The van der Waals surface area contributed by atoms with Gasteiger partial charge in [0, 0.05) is 15.9 Å². The number of rotatable bonds is 1. The van der Waals surface area contributed by atoms with Crippen LogP contribution in [0.25, 0.3) is 10.9 Å². The van der Waals surface area contributed by atoms with Crippen molar-refractivity contribution in [3.05, 3.63) is 35.0 Å². The van der Waals surface area contributed by atoms with Gasteiger partial charge < -0.3 is 14.9 Å². The summed E-state index contributed by atoms with van der Waals surface area (Å²) in [6, 6.07) is 6.64. The Morgan fingerprint density at radius 1 is 1.38 bits per heavy atom. The lowest BCUT2D eigenvalue weighted by Crippen LogP contribution is -2.22. The molecule has 0 saturated carbocycles. The number of nitrogens with one attached hydrogen (secondary N) is 1. The first-order valence-electron chi connectivity index (χ1n) is 3.66. The lowest BCUT2D eigenvalue weighted by Gasteiger charge is -1.94. The number of hydrogen-bond acceptors (Lipinski definition) is 2. The van der Waals surface area contributed by atoms with Crippen molar-refractivity contribution >= 4 is 28.5 Å². The van der Waals surface area contributed by atoms with Crippen LogP contribution in [0.3, 0.4) is 0 Å². The second-order valence-electron chi connectivity index (χ2n) is 2.70. The lowest BCUT2D eigenvalue weighted by atomic mass is 10.2. The molecule has 0 radical (unpaired) electrons. The van der Waals surface area contributed by atoms with Crippen LogP contribution in [0.2, 0.25) is 5.02 Å². The van der Waals surface area contributed by atoms with E-state index in [-0.39, 0.29) is 5.69 Å². The zero-order valence-electron chi connectivity index (χ0n) is 6.50. The molecule has 0 spiro atoms. The minimum atomic E-state index is -1.22. The van der Waals surface area contributed by atoms with E-state index < -0.39 is 5.97 Å². The van der Waals surface area contributed by atoms with Crippen molar-refractivity contribution in [3.63, 3.8) is 0 Å². The Morgan fingerprint density at radius 3 is 2.85 bits per heavy atom. The van der Waals surface area contributed by atoms with Gasteiger partial charge in [-0.15, -0.1) is 0 Å². The Labute approximate surface area is 78.9 Å². The van der Waals surface area contributed by atoms with Crippen LogP contribution in [-0.4, -0.2) is 11.0 Å². The largest absolute Gasteiger partial charge is 0.543 e. The van der Waals surface area contributed by atoms with E-state index in [9.17, 15) is 9.90 Å². The predicted octanol–water partition coefficient (Wildman–Crippen LogP) is 1.18. The van der Waals surface area contributed by atoms with Crippen molar-refractivity contribution in [2.24, 2.45) is 0 Å². The van der Waals surface area contributed by atoms with Crippen molar-refractivity contribution in [2.45, 2.75) is 0 Å². The van der Waals surface area contributed by atoms with Crippen LogP contribution in [-0.2, 0) is 0 Å². The van der Waals surface area contributed by atoms with Gasteiger partial charge in [0.05, 0.1) is 11.7 Å². The molecule has 1 heterocycles. The molecule has 0 aliphatic carbocycles. The molecule has 3 nitrogen and oxygen atoms in total. The fraction of sp³-hybridized carbons (Fsp3) is 0. The van der Waals surface area contributed by atoms with Crippen molar-refractivity contribution in [1.82, 2.24) is 4.98 Å². The molecular formula is C9H5ClNO2-. The molecule has 0 amide bonds. The monoisotopic (exact) mass is 194 g/mol. The Morgan fingerprint density at radius 2 is 2.15 bits per heavy atom. The topological polar surface area (TPSA) is 55.9 Å². The fourth-order valence-electron chi connectivity index (χ4n) is 1.21. The molecule has 0 saturated heterocycles. The maximum atomic E-state index is 10.5. The normalized spacial score (nSPS) is 10.5. The number of aromatic nitrogens is 1. The summed E-state index contributed by atoms with van der Waals surface area (Å²) in [7, 11) is 0. The van der Waals surface area contributed by atoms with Gasteiger partial charge in [-0.05, 0) is 18.2 Å². The number of carboxylic acid groups (broad SMARTS) is 1. The molecule has 0 aliphatic rings. The first-order chi connectivity index (χ1) is 6.16. The van der Waals surface area contributed by atoms with Gasteiger partial charge in [0.25, 0.3) is 0 Å². The molecule has 0 unspecified atom stereocenters. The van der Waals surface area contributed by atoms with Gasteiger partial charge in [0.15, 0.2) is 0 Å². The second-order valence-corrected chi connectivity index (χ2v) is 3.14. The van der Waals surface area contributed by atoms with E-state index in [1.54, 1.807) is 18.2 Å². The summed E-state index contributed by atoms with van der Waals surface area (Å²) < 4.78 is 0. The Kier molecular flexibility index (Phi) is 1.74. The van der Waals surface area contributed by atoms with Crippen LogP contribution in [0.5, 0.6) is 0 Å². The summed E-state index contributed by atoms with van der Waals surface area (Å²) in [6.45, 7) is 0. The number of benzene rings is 1. The van der Waals surface area contributed by atoms with Crippen molar-refractivity contribution in [1.29, 1.82) is 0 Å². The van der Waals surface area contributed by atoms with E-state index in [1.807, 2.05) is 0 Å². The Balaban J connectivity index is 2.68. The number of fused-ring (bicyclic) bond motifs is 1. The number of carbonyl (C=O) groups is 1. The smallest absolute Gasteiger partial charge is 0.0878 e. The van der Waals surface area contributed by atoms with E-state index >= 15 is 0 Å². The predicted molar refractivity (Wildman–Crippen MR) is 47.6 cm³/mol. The molecular weight excluding hydrogens is 190 g/mol. The molecule has 13 heavy (non-hydrogen) atoms. The highest BCUT2D eigenvalue weighted by Gasteiger charge is 2.00. The zero-order chi connectivity index (χ0) is 9.42. The van der Waals surface area contributed by atoms with Crippen molar-refractivity contribution < 1.29 is 9.90 Å². The molecule has 4 heteroatoms. The number of carbonyl (C=O) groups excluding carboxylic acids is 1. The van der Waals surface area contributed by atoms with Gasteiger partial charge in [-0.25, -0.2) is 0 Å². The van der Waals surface area contributed by atoms with Crippen LogP contribution in [0, 0.1) is 0 Å². The highest BCUT2D eigenvalue weighted by atomic mass is 35.5. The number of aromatic amines is 1. The average Bonchev–Trinajstić information content (AvgIpc) is 2.46. The summed E-state index contributed by atoms with van der Waals surface area (Å²) in [6.07, 6.45) is 0. The van der Waals surface area contributed by atoms with E-state index in [0.717, 1.165) is 5.39 Å². The zero-order valence-corrected chi connectivity index (χ0v) is 7.26. The van der Waals surface area contributed by atoms with Crippen LogP contribution in [0.15, 0.2) is 24.3 Å². The van der Waals surface area contributed by atoms with Gasteiger partial charge in [0.2, 0.25) is 0 Å². The molecule has 66 valence electrons. The van der Waals surface area contributed by atoms with Gasteiger partial charge in [-0.1, -0.05) is 17.7 Å². The fourth-order valence-corrected chi connectivity index (χ4v) is 1.38. The third kappa shape index (κ3) is 1.38. The molecule has 2 aromatic rings. The summed E-state index contributed by atoms with van der Waals surface area (Å²) in [5.74, 6) is -1.22. The Hall–Kier alpha value is -1.48. The van der Waals surface area contributed by atoms with Crippen LogP contribution >= 0.6 is 11.6 Å². The van der Waals surface area contributed by atoms with Gasteiger partial charge in [-0.2, -0.15) is 0 Å². The quantitative estimate of drug-likeness (QED) is 0.741. The first kappa shape index (κ1) is 8.13. The molecule has 1 aromatic carbocycles. The summed E-state index contributed by atoms with van der Waals surface area (Å²) in [4.78, 5) is 13.2. The molecule has 0 aliphatic heterocycles. The maximum Gasteiger partial charge on any atom is 0.0878 e. The highest BCUT2D eigenvalue weighted by molar-refractivity contribution is 6.31. The number of hydrogen-bond donors (Lipinski definition) is 1. The second kappa shape index (κ2) is 2.78. The maximum absolute atomic E-state index is 10.5. The van der Waals surface area contributed by atoms with E-state index in [1.165, 1.54) is 6.07 Å². The van der Waals surface area contributed by atoms with Gasteiger partial charge in [-0.3, -0.25) is 0 Å². The van der Waals surface area contributed by atoms with E-state index in [4.69, 9.17) is 11.6 Å². The standard InChI is InChI=1S/C9H6ClNO2/c10-6-2-1-5-3-8(9(12)13)11-7(5)4-6/h1-4,11H,(H,12,13)/p-1.